The van der Waals surface area contributed by atoms with E-state index in [4.69, 9.17) is 10.5 Å². The van der Waals surface area contributed by atoms with Gasteiger partial charge in [-0.2, -0.15) is 0 Å². The standard InChI is InChI=1S/C11H21NO/c1-7-4-5-9(13-7)10-8(6-12)11(10,2)3/h7-10H,4-6,12H2,1-3H3/t7-,8+,9?,10-/m1/s1. The van der Waals surface area contributed by atoms with Gasteiger partial charge in [-0.1, -0.05) is 13.8 Å². The molecular formula is C11H21NO. The van der Waals surface area contributed by atoms with Crippen molar-refractivity contribution in [3.8, 4) is 0 Å². The minimum Gasteiger partial charge on any atom is -0.375 e. The Bertz CT molecular complexity index is 202. The van der Waals surface area contributed by atoms with Crippen LogP contribution in [-0.4, -0.2) is 18.8 Å². The first-order chi connectivity index (χ1) is 6.07. The molecule has 0 bridgehead atoms. The van der Waals surface area contributed by atoms with Gasteiger partial charge in [-0.15, -0.1) is 0 Å². The topological polar surface area (TPSA) is 35.2 Å². The van der Waals surface area contributed by atoms with E-state index in [0.29, 0.717) is 23.5 Å². The molecule has 1 aliphatic carbocycles. The second-order valence-electron chi connectivity index (χ2n) is 5.25. The van der Waals surface area contributed by atoms with Crippen LogP contribution in [0.3, 0.4) is 0 Å². The van der Waals surface area contributed by atoms with Gasteiger partial charge in [-0.05, 0) is 43.6 Å². The number of rotatable bonds is 2. The van der Waals surface area contributed by atoms with Crippen LogP contribution < -0.4 is 5.73 Å². The molecular weight excluding hydrogens is 162 g/mol. The molecule has 4 atom stereocenters. The van der Waals surface area contributed by atoms with E-state index in [1.165, 1.54) is 12.8 Å². The molecule has 2 fully saturated rings. The fourth-order valence-corrected chi connectivity index (χ4v) is 3.07. The van der Waals surface area contributed by atoms with Crippen LogP contribution in [0.2, 0.25) is 0 Å². The van der Waals surface area contributed by atoms with E-state index in [2.05, 4.69) is 20.8 Å². The number of hydrogen-bond acceptors (Lipinski definition) is 2. The summed E-state index contributed by atoms with van der Waals surface area (Å²) in [7, 11) is 0. The Labute approximate surface area is 80.8 Å². The molecule has 13 heavy (non-hydrogen) atoms. The zero-order valence-corrected chi connectivity index (χ0v) is 8.92. The molecule has 2 rings (SSSR count). The van der Waals surface area contributed by atoms with Crippen LogP contribution in [0.5, 0.6) is 0 Å². The van der Waals surface area contributed by atoms with Crippen LogP contribution in [0.15, 0.2) is 0 Å². The summed E-state index contributed by atoms with van der Waals surface area (Å²) >= 11 is 0. The molecule has 1 aliphatic heterocycles. The van der Waals surface area contributed by atoms with Crippen molar-refractivity contribution in [2.45, 2.75) is 45.8 Å². The van der Waals surface area contributed by atoms with E-state index in [-0.39, 0.29) is 0 Å². The van der Waals surface area contributed by atoms with E-state index in [0.717, 1.165) is 12.5 Å². The van der Waals surface area contributed by atoms with Crippen molar-refractivity contribution >= 4 is 0 Å². The van der Waals surface area contributed by atoms with Crippen LogP contribution in [0, 0.1) is 17.3 Å². The molecule has 0 aromatic carbocycles. The molecule has 0 aromatic heterocycles. The van der Waals surface area contributed by atoms with Gasteiger partial charge in [0, 0.05) is 0 Å². The van der Waals surface area contributed by atoms with Crippen molar-refractivity contribution in [1.82, 2.24) is 0 Å². The van der Waals surface area contributed by atoms with E-state index >= 15 is 0 Å². The predicted molar refractivity (Wildman–Crippen MR) is 53.4 cm³/mol. The normalized spacial score (nSPS) is 48.0. The lowest BCUT2D eigenvalue weighted by molar-refractivity contribution is 0.0341. The molecule has 0 spiro atoms. The van der Waals surface area contributed by atoms with Crippen molar-refractivity contribution in [1.29, 1.82) is 0 Å². The lowest BCUT2D eigenvalue weighted by Crippen LogP contribution is -2.15. The quantitative estimate of drug-likeness (QED) is 0.708. The highest BCUT2D eigenvalue weighted by Crippen LogP contribution is 2.61. The van der Waals surface area contributed by atoms with Crippen molar-refractivity contribution in [3.63, 3.8) is 0 Å². The maximum Gasteiger partial charge on any atom is 0.0616 e. The average Bonchev–Trinajstić information content (AvgIpc) is 2.41. The third kappa shape index (κ3) is 1.40. The monoisotopic (exact) mass is 183 g/mol. The van der Waals surface area contributed by atoms with Crippen LogP contribution in [0.25, 0.3) is 0 Å². The van der Waals surface area contributed by atoms with Gasteiger partial charge in [-0.3, -0.25) is 0 Å². The molecule has 2 nitrogen and oxygen atoms in total. The maximum atomic E-state index is 5.90. The second-order valence-corrected chi connectivity index (χ2v) is 5.25. The highest BCUT2D eigenvalue weighted by atomic mass is 16.5. The lowest BCUT2D eigenvalue weighted by atomic mass is 10.0. The van der Waals surface area contributed by atoms with Crippen LogP contribution in [-0.2, 0) is 4.74 Å². The Hall–Kier alpha value is -0.0800. The van der Waals surface area contributed by atoms with Crippen LogP contribution >= 0.6 is 0 Å². The van der Waals surface area contributed by atoms with E-state index in [9.17, 15) is 0 Å². The highest BCUT2D eigenvalue weighted by Gasteiger charge is 2.60. The summed E-state index contributed by atoms with van der Waals surface area (Å²) in [4.78, 5) is 0. The lowest BCUT2D eigenvalue weighted by Gasteiger charge is -2.12. The number of ether oxygens (including phenoxy) is 1. The Morgan fingerprint density at radius 3 is 2.46 bits per heavy atom. The summed E-state index contributed by atoms with van der Waals surface area (Å²) < 4.78 is 5.90. The zero-order chi connectivity index (χ0) is 9.64. The first kappa shape index (κ1) is 9.47. The number of hydrogen-bond donors (Lipinski definition) is 1. The molecule has 0 amide bonds. The van der Waals surface area contributed by atoms with Gasteiger partial charge in [0.25, 0.3) is 0 Å². The van der Waals surface area contributed by atoms with E-state index < -0.39 is 0 Å². The summed E-state index contributed by atoms with van der Waals surface area (Å²) in [6.07, 6.45) is 3.44. The Morgan fingerprint density at radius 2 is 2.08 bits per heavy atom. The minimum atomic E-state index is 0.434. The average molecular weight is 183 g/mol. The minimum absolute atomic E-state index is 0.434. The largest absolute Gasteiger partial charge is 0.375 e. The highest BCUT2D eigenvalue weighted by molar-refractivity contribution is 5.09. The first-order valence-electron chi connectivity index (χ1n) is 5.43. The van der Waals surface area contributed by atoms with Gasteiger partial charge in [-0.25, -0.2) is 0 Å². The molecule has 76 valence electrons. The van der Waals surface area contributed by atoms with Gasteiger partial charge in [0.1, 0.15) is 0 Å². The van der Waals surface area contributed by atoms with Gasteiger partial charge < -0.3 is 10.5 Å². The molecule has 1 saturated heterocycles. The molecule has 2 aliphatic rings. The van der Waals surface area contributed by atoms with E-state index in [1.54, 1.807) is 0 Å². The number of nitrogens with two attached hydrogens (primary N) is 1. The summed E-state index contributed by atoms with van der Waals surface area (Å²) in [6.45, 7) is 7.64. The fraction of sp³-hybridized carbons (Fsp3) is 1.00. The predicted octanol–water partition coefficient (Wildman–Crippen LogP) is 1.78. The third-order valence-electron chi connectivity index (χ3n) is 4.06. The first-order valence-corrected chi connectivity index (χ1v) is 5.43. The van der Waals surface area contributed by atoms with Crippen molar-refractivity contribution in [3.05, 3.63) is 0 Å². The molecule has 0 aromatic rings. The third-order valence-corrected chi connectivity index (χ3v) is 4.06. The smallest absolute Gasteiger partial charge is 0.0616 e. The summed E-state index contributed by atoms with van der Waals surface area (Å²) in [6, 6.07) is 0. The van der Waals surface area contributed by atoms with Gasteiger partial charge in [0.15, 0.2) is 0 Å². The fourth-order valence-electron chi connectivity index (χ4n) is 3.07. The Morgan fingerprint density at radius 1 is 1.38 bits per heavy atom. The maximum absolute atomic E-state index is 5.90. The van der Waals surface area contributed by atoms with Gasteiger partial charge in [0.2, 0.25) is 0 Å². The summed E-state index contributed by atoms with van der Waals surface area (Å²) in [5, 5.41) is 0. The molecule has 2 heteroatoms. The van der Waals surface area contributed by atoms with Crippen LogP contribution in [0.4, 0.5) is 0 Å². The van der Waals surface area contributed by atoms with Crippen molar-refractivity contribution in [2.24, 2.45) is 23.0 Å². The molecule has 1 unspecified atom stereocenters. The van der Waals surface area contributed by atoms with Crippen LogP contribution in [0.1, 0.15) is 33.6 Å². The SMILES string of the molecule is C[C@@H]1CCC([C@H]2[C@H](CN)C2(C)C)O1. The molecule has 2 N–H and O–H groups in total. The second kappa shape index (κ2) is 2.96. The Balaban J connectivity index is 1.96. The summed E-state index contributed by atoms with van der Waals surface area (Å²) in [5.41, 5.74) is 6.18. The Kier molecular flexibility index (Phi) is 2.16. The van der Waals surface area contributed by atoms with Gasteiger partial charge >= 0.3 is 0 Å². The molecule has 1 heterocycles. The van der Waals surface area contributed by atoms with Crippen molar-refractivity contribution in [2.75, 3.05) is 6.54 Å². The van der Waals surface area contributed by atoms with Crippen molar-refractivity contribution < 1.29 is 4.74 Å². The summed E-state index contributed by atoms with van der Waals surface area (Å²) in [5.74, 6) is 1.42. The molecule has 0 radical (unpaired) electrons. The molecule has 1 saturated carbocycles. The van der Waals surface area contributed by atoms with E-state index in [1.807, 2.05) is 0 Å². The van der Waals surface area contributed by atoms with Gasteiger partial charge in [0.05, 0.1) is 12.2 Å². The zero-order valence-electron chi connectivity index (χ0n) is 8.92.